The van der Waals surface area contributed by atoms with E-state index in [4.69, 9.17) is 15.5 Å². The van der Waals surface area contributed by atoms with Crippen LogP contribution >= 0.6 is 7.60 Å². The molecule has 1 aromatic carbocycles. The van der Waals surface area contributed by atoms with Gasteiger partial charge in [-0.05, 0) is 11.6 Å². The van der Waals surface area contributed by atoms with Crippen LogP contribution in [0, 0.1) is 0 Å². The van der Waals surface area contributed by atoms with Gasteiger partial charge in [0.1, 0.15) is 0 Å². The van der Waals surface area contributed by atoms with Crippen molar-refractivity contribution < 1.29 is 14.4 Å². The Hall–Kier alpha value is -1.53. The molecular weight excluding hydrogens is 255 g/mol. The van der Waals surface area contributed by atoms with Gasteiger partial charge in [-0.1, -0.05) is 23.4 Å². The molecule has 0 bridgehead atoms. The van der Waals surface area contributed by atoms with Crippen molar-refractivity contribution in [2.75, 3.05) is 0 Å². The topological polar surface area (TPSA) is 114 Å². The second kappa shape index (κ2) is 4.99. The zero-order chi connectivity index (χ0) is 13.2. The molecule has 0 atom stereocenters. The fourth-order valence-corrected chi connectivity index (χ4v) is 2.31. The molecule has 0 aliphatic heterocycles. The van der Waals surface area contributed by atoms with Gasteiger partial charge in [0.2, 0.25) is 0 Å². The quantitative estimate of drug-likeness (QED) is 0.692. The molecule has 4 N–H and O–H groups in total. The van der Waals surface area contributed by atoms with Gasteiger partial charge in [0, 0.05) is 6.54 Å². The van der Waals surface area contributed by atoms with Crippen LogP contribution < -0.4 is 5.73 Å². The first-order valence-electron chi connectivity index (χ1n) is 5.24. The van der Waals surface area contributed by atoms with Gasteiger partial charge in [0.25, 0.3) is 0 Å². The van der Waals surface area contributed by atoms with E-state index in [9.17, 15) is 4.57 Å². The number of nitrogens with two attached hydrogens (primary N) is 1. The first kappa shape index (κ1) is 12.9. The number of aromatic nitrogens is 3. The van der Waals surface area contributed by atoms with E-state index in [-0.39, 0.29) is 12.7 Å². The van der Waals surface area contributed by atoms with Crippen molar-refractivity contribution in [2.24, 2.45) is 5.73 Å². The van der Waals surface area contributed by atoms with Crippen LogP contribution in [0.4, 0.5) is 0 Å². The van der Waals surface area contributed by atoms with Crippen molar-refractivity contribution in [3.63, 3.8) is 0 Å². The smallest absolute Gasteiger partial charge is 0.325 e. The van der Waals surface area contributed by atoms with Crippen molar-refractivity contribution in [1.82, 2.24) is 15.0 Å². The number of rotatable bonds is 4. The van der Waals surface area contributed by atoms with Crippen molar-refractivity contribution in [1.29, 1.82) is 0 Å². The Balaban J connectivity index is 2.41. The van der Waals surface area contributed by atoms with E-state index in [1.165, 1.54) is 4.68 Å². The molecule has 1 heterocycles. The molecule has 1 aromatic heterocycles. The second-order valence-electron chi connectivity index (χ2n) is 3.81. The summed E-state index contributed by atoms with van der Waals surface area (Å²) in [6.07, 6.45) is 1.31. The molecule has 18 heavy (non-hydrogen) atoms. The SMILES string of the molecule is NCc1cn(-c2ccccc2CP(=O)(O)O)nn1. The second-order valence-corrected chi connectivity index (χ2v) is 5.46. The molecule has 96 valence electrons. The maximum atomic E-state index is 11.1. The van der Waals surface area contributed by atoms with Crippen LogP contribution in [0.5, 0.6) is 0 Å². The summed E-state index contributed by atoms with van der Waals surface area (Å²) in [4.78, 5) is 18.1. The highest BCUT2D eigenvalue weighted by molar-refractivity contribution is 7.50. The number of hydrogen-bond acceptors (Lipinski definition) is 4. The zero-order valence-corrected chi connectivity index (χ0v) is 10.4. The Bertz CT molecular complexity index is 592. The van der Waals surface area contributed by atoms with Crippen molar-refractivity contribution >= 4 is 7.60 Å². The Morgan fingerprint density at radius 2 is 2.06 bits per heavy atom. The molecule has 0 saturated carbocycles. The fraction of sp³-hybridized carbons (Fsp3) is 0.200. The first-order valence-corrected chi connectivity index (χ1v) is 7.03. The van der Waals surface area contributed by atoms with Gasteiger partial charge >= 0.3 is 7.60 Å². The third-order valence-corrected chi connectivity index (χ3v) is 3.12. The van der Waals surface area contributed by atoms with Crippen molar-refractivity contribution in [3.8, 4) is 5.69 Å². The van der Waals surface area contributed by atoms with E-state index in [1.807, 2.05) is 0 Å². The molecular formula is C10H13N4O3P. The highest BCUT2D eigenvalue weighted by atomic mass is 31.2. The van der Waals surface area contributed by atoms with E-state index >= 15 is 0 Å². The summed E-state index contributed by atoms with van der Waals surface area (Å²) < 4.78 is 12.5. The molecule has 0 radical (unpaired) electrons. The minimum absolute atomic E-state index is 0.265. The third kappa shape index (κ3) is 3.02. The minimum Gasteiger partial charge on any atom is -0.325 e. The lowest BCUT2D eigenvalue weighted by molar-refractivity contribution is 0.371. The maximum absolute atomic E-state index is 11.1. The Morgan fingerprint density at radius 1 is 1.33 bits per heavy atom. The number of benzene rings is 1. The van der Waals surface area contributed by atoms with Crippen LogP contribution in [0.3, 0.4) is 0 Å². The molecule has 7 nitrogen and oxygen atoms in total. The largest absolute Gasteiger partial charge is 0.329 e. The maximum Gasteiger partial charge on any atom is 0.329 e. The number of nitrogens with zero attached hydrogens (tertiary/aromatic N) is 3. The van der Waals surface area contributed by atoms with Gasteiger partial charge in [-0.2, -0.15) is 0 Å². The monoisotopic (exact) mass is 268 g/mol. The highest BCUT2D eigenvalue weighted by Crippen LogP contribution is 2.40. The third-order valence-electron chi connectivity index (χ3n) is 2.36. The number of para-hydroxylation sites is 1. The van der Waals surface area contributed by atoms with Crippen LogP contribution in [0.15, 0.2) is 30.5 Å². The Morgan fingerprint density at radius 3 is 2.67 bits per heavy atom. The van der Waals surface area contributed by atoms with E-state index in [0.29, 0.717) is 16.9 Å². The summed E-state index contributed by atoms with van der Waals surface area (Å²) in [7, 11) is -4.12. The number of hydrogen-bond donors (Lipinski definition) is 3. The average Bonchev–Trinajstić information content (AvgIpc) is 2.76. The van der Waals surface area contributed by atoms with E-state index in [1.54, 1.807) is 30.5 Å². The van der Waals surface area contributed by atoms with Crippen molar-refractivity contribution in [3.05, 3.63) is 41.7 Å². The van der Waals surface area contributed by atoms with Gasteiger partial charge in [-0.15, -0.1) is 5.10 Å². The molecule has 2 aromatic rings. The van der Waals surface area contributed by atoms with Crippen molar-refractivity contribution in [2.45, 2.75) is 12.7 Å². The van der Waals surface area contributed by atoms with E-state index in [2.05, 4.69) is 10.3 Å². The minimum atomic E-state index is -4.12. The van der Waals surface area contributed by atoms with Gasteiger partial charge in [0.05, 0.1) is 23.7 Å². The molecule has 0 unspecified atom stereocenters. The van der Waals surface area contributed by atoms with Crippen LogP contribution in [0.25, 0.3) is 5.69 Å². The van der Waals surface area contributed by atoms with E-state index in [0.717, 1.165) is 0 Å². The average molecular weight is 268 g/mol. The van der Waals surface area contributed by atoms with Gasteiger partial charge in [0.15, 0.2) is 0 Å². The van der Waals surface area contributed by atoms with Gasteiger partial charge < -0.3 is 15.5 Å². The molecule has 0 aliphatic rings. The lowest BCUT2D eigenvalue weighted by atomic mass is 10.2. The fourth-order valence-electron chi connectivity index (χ4n) is 1.60. The van der Waals surface area contributed by atoms with Crippen LogP contribution in [-0.2, 0) is 17.3 Å². The summed E-state index contributed by atoms with van der Waals surface area (Å²) in [5.74, 6) is 0. The Labute approximate surface area is 103 Å². The zero-order valence-electron chi connectivity index (χ0n) is 9.47. The summed E-state index contributed by atoms with van der Waals surface area (Å²) in [6.45, 7) is 0.265. The molecule has 0 fully saturated rings. The predicted molar refractivity (Wildman–Crippen MR) is 65.0 cm³/mol. The predicted octanol–water partition coefficient (Wildman–Crippen LogP) is 0.404. The summed E-state index contributed by atoms with van der Waals surface area (Å²) in [6, 6.07) is 6.86. The van der Waals surface area contributed by atoms with Crippen LogP contribution in [0.2, 0.25) is 0 Å². The molecule has 0 saturated heterocycles. The lowest BCUT2D eigenvalue weighted by Gasteiger charge is -2.09. The lowest BCUT2D eigenvalue weighted by Crippen LogP contribution is -2.01. The van der Waals surface area contributed by atoms with E-state index < -0.39 is 7.60 Å². The normalized spacial score (nSPS) is 11.7. The Kier molecular flexibility index (Phi) is 3.58. The molecule has 0 spiro atoms. The molecule has 0 aliphatic carbocycles. The van der Waals surface area contributed by atoms with Crippen LogP contribution in [-0.4, -0.2) is 24.8 Å². The summed E-state index contributed by atoms with van der Waals surface area (Å²) in [5, 5.41) is 7.72. The summed E-state index contributed by atoms with van der Waals surface area (Å²) in [5.41, 5.74) is 7.16. The van der Waals surface area contributed by atoms with Crippen LogP contribution in [0.1, 0.15) is 11.3 Å². The first-order chi connectivity index (χ1) is 8.49. The molecule has 8 heteroatoms. The standard InChI is InChI=1S/C10H13N4O3P/c11-5-9-6-14(13-12-9)10-4-2-1-3-8(10)7-18(15,16)17/h1-4,6H,5,7,11H2,(H2,15,16,17). The molecule has 0 amide bonds. The van der Waals surface area contributed by atoms with Gasteiger partial charge in [-0.25, -0.2) is 4.68 Å². The molecule has 2 rings (SSSR count). The highest BCUT2D eigenvalue weighted by Gasteiger charge is 2.17. The van der Waals surface area contributed by atoms with Gasteiger partial charge in [-0.3, -0.25) is 4.57 Å². The summed E-state index contributed by atoms with van der Waals surface area (Å²) >= 11 is 0.